The Hall–Kier alpha value is -6.58. The fraction of sp³-hybridized carbons (Fsp3) is 0.458. The molecule has 5 amide bonds. The summed E-state index contributed by atoms with van der Waals surface area (Å²) < 4.78 is 22.7. The van der Waals surface area contributed by atoms with Crippen molar-refractivity contribution in [2.75, 3.05) is 81.5 Å². The van der Waals surface area contributed by atoms with Gasteiger partial charge < -0.3 is 44.9 Å². The molecule has 3 aromatic carbocycles. The van der Waals surface area contributed by atoms with E-state index >= 15 is 0 Å². The molecule has 412 valence electrons. The number of imide groups is 1. The highest BCUT2D eigenvalue weighted by Gasteiger charge is 2.59. The monoisotopic (exact) mass is 1080 g/mol. The third kappa shape index (κ3) is 13.1. The van der Waals surface area contributed by atoms with Gasteiger partial charge in [0, 0.05) is 67.6 Å². The zero-order valence-corrected chi connectivity index (χ0v) is 45.4. The molecule has 9 rings (SSSR count). The lowest BCUT2D eigenvalue weighted by Gasteiger charge is -2.34. The average molecular weight is 1080 g/mol. The molecule has 0 spiro atoms. The summed E-state index contributed by atoms with van der Waals surface area (Å²) in [6, 6.07) is 20.7. The summed E-state index contributed by atoms with van der Waals surface area (Å²) in [5.41, 5.74) is 6.81. The molecule has 4 heterocycles. The standard InChI is InChI=1S/C59H69N7O11S/c1-36-53(78-35-62-36)37-10-14-42(15-11-37)63-55(70)49-32-45(68)34-65(49)56(71)47(59(2,3)4)31-44(67)19-22-74-24-26-76-28-29-77-27-25-75-23-21-60-33-41-18-20-61-52-46(41)6-5-7-48(52)64-54(69)38-12-16-43(17-13-38)66-57(72)50-39-8-9-40(30-39)51(50)58(66)73/h5-18,20,35,39-40,45,47,49-51,60,68H,19,21-34H2,1-4H3,(H,63,70)(H,64,69)/t39-,40?,45-,47-,49+,50-,51+/m1/s1. The molecule has 19 heteroatoms. The number of rotatable bonds is 26. The maximum Gasteiger partial charge on any atom is 0.255 e. The van der Waals surface area contributed by atoms with Gasteiger partial charge in [-0.1, -0.05) is 57.2 Å². The first-order chi connectivity index (χ1) is 37.7. The Labute approximate surface area is 458 Å². The normalized spacial score (nSPS) is 20.9. The Kier molecular flexibility index (Phi) is 18.3. The largest absolute Gasteiger partial charge is 0.391 e. The van der Waals surface area contributed by atoms with E-state index in [2.05, 4.69) is 38.1 Å². The van der Waals surface area contributed by atoms with Crippen molar-refractivity contribution in [2.45, 2.75) is 72.1 Å². The van der Waals surface area contributed by atoms with Crippen LogP contribution in [0.15, 0.2) is 96.7 Å². The highest BCUT2D eigenvalue weighted by atomic mass is 32.1. The van der Waals surface area contributed by atoms with Crippen LogP contribution in [0.1, 0.15) is 68.1 Å². The molecule has 3 fully saturated rings. The SMILES string of the molecule is Cc1ncsc1-c1ccc(NC(=O)[C@@H]2C[C@@H](O)CN2C(=O)[C@@H](CC(=O)CCOCCOCCOCCOCCNCc2ccnc3c(NC(=O)c4ccc(N5C(=O)[C@@H]6[C@@H]7C=CC(C7)[C@@H]6C5=O)cc4)cccc23)C(C)(C)C)cc1. The van der Waals surface area contributed by atoms with Gasteiger partial charge in [0.25, 0.3) is 5.91 Å². The van der Waals surface area contributed by atoms with E-state index in [0.717, 1.165) is 33.5 Å². The number of amides is 5. The fourth-order valence-electron chi connectivity index (χ4n) is 11.0. The Balaban J connectivity index is 0.607. The molecule has 2 aliphatic carbocycles. The summed E-state index contributed by atoms with van der Waals surface area (Å²) in [6.07, 6.45) is 6.09. The van der Waals surface area contributed by atoms with Gasteiger partial charge in [-0.15, -0.1) is 11.3 Å². The predicted molar refractivity (Wildman–Crippen MR) is 296 cm³/mol. The minimum absolute atomic E-state index is 0.0102. The number of aliphatic hydroxyl groups is 1. The first kappa shape index (κ1) is 56.2. The summed E-state index contributed by atoms with van der Waals surface area (Å²) in [5.74, 6) is -2.50. The van der Waals surface area contributed by atoms with Crippen LogP contribution in [0, 0.1) is 41.9 Å². The van der Waals surface area contributed by atoms with E-state index in [0.29, 0.717) is 87.5 Å². The first-order valence-electron chi connectivity index (χ1n) is 26.8. The predicted octanol–water partition coefficient (Wildman–Crippen LogP) is 7.00. The van der Waals surface area contributed by atoms with Crippen molar-refractivity contribution in [1.82, 2.24) is 20.2 Å². The molecule has 4 aliphatic rings. The van der Waals surface area contributed by atoms with Crippen LogP contribution in [-0.2, 0) is 49.5 Å². The number of fused-ring (bicyclic) bond motifs is 6. The van der Waals surface area contributed by atoms with Gasteiger partial charge in [-0.05, 0) is 90.3 Å². The molecule has 4 N–H and O–H groups in total. The van der Waals surface area contributed by atoms with E-state index in [4.69, 9.17) is 18.9 Å². The fourth-order valence-corrected chi connectivity index (χ4v) is 11.8. The Morgan fingerprint density at radius 2 is 1.44 bits per heavy atom. The second-order valence-corrected chi connectivity index (χ2v) is 22.3. The third-order valence-electron chi connectivity index (χ3n) is 15.1. The Morgan fingerprint density at radius 3 is 2.08 bits per heavy atom. The van der Waals surface area contributed by atoms with Crippen LogP contribution in [-0.4, -0.2) is 133 Å². The number of ether oxygens (including phenoxy) is 4. The number of aromatic nitrogens is 2. The number of pyridine rings is 1. The second-order valence-electron chi connectivity index (χ2n) is 21.5. The number of hydrogen-bond acceptors (Lipinski definition) is 15. The smallest absolute Gasteiger partial charge is 0.255 e. The maximum atomic E-state index is 14.0. The zero-order valence-electron chi connectivity index (χ0n) is 44.6. The molecule has 2 saturated heterocycles. The van der Waals surface area contributed by atoms with Crippen molar-refractivity contribution in [3.05, 3.63) is 113 Å². The number of nitrogens with one attached hydrogen (secondary N) is 3. The van der Waals surface area contributed by atoms with E-state index in [1.54, 1.807) is 53.4 Å². The molecule has 78 heavy (non-hydrogen) atoms. The molecule has 7 atom stereocenters. The van der Waals surface area contributed by atoms with E-state index in [1.807, 2.05) is 70.2 Å². The van der Waals surface area contributed by atoms with Crippen LogP contribution in [0.2, 0.25) is 0 Å². The molecular formula is C59H69N7O11S. The molecule has 2 aliphatic heterocycles. The summed E-state index contributed by atoms with van der Waals surface area (Å²) in [5, 5.41) is 20.8. The first-order valence-corrected chi connectivity index (χ1v) is 27.7. The van der Waals surface area contributed by atoms with Gasteiger partial charge in [0.2, 0.25) is 23.6 Å². The molecule has 2 bridgehead atoms. The number of aryl methyl sites for hydroxylation is 1. The molecule has 5 aromatic rings. The number of nitrogens with zero attached hydrogens (tertiary/aromatic N) is 4. The van der Waals surface area contributed by atoms with Gasteiger partial charge in [-0.3, -0.25) is 38.7 Å². The van der Waals surface area contributed by atoms with E-state index in [1.165, 1.54) is 9.80 Å². The summed E-state index contributed by atoms with van der Waals surface area (Å²) in [4.78, 5) is 93.3. The number of ketones is 1. The lowest BCUT2D eigenvalue weighted by molar-refractivity contribution is -0.145. The van der Waals surface area contributed by atoms with Crippen molar-refractivity contribution in [3.63, 3.8) is 0 Å². The van der Waals surface area contributed by atoms with Crippen LogP contribution >= 0.6 is 11.3 Å². The molecule has 1 unspecified atom stereocenters. The number of benzene rings is 3. The van der Waals surface area contributed by atoms with E-state index in [-0.39, 0.29) is 91.4 Å². The highest BCUT2D eigenvalue weighted by Crippen LogP contribution is 2.53. The van der Waals surface area contributed by atoms with Crippen molar-refractivity contribution in [1.29, 1.82) is 0 Å². The average Bonchev–Trinajstić information content (AvgIpc) is 4.33. The zero-order chi connectivity index (χ0) is 54.9. The van der Waals surface area contributed by atoms with E-state index in [9.17, 15) is 33.9 Å². The van der Waals surface area contributed by atoms with Crippen molar-refractivity contribution in [2.24, 2.45) is 35.0 Å². The number of anilines is 3. The third-order valence-corrected chi connectivity index (χ3v) is 16.1. The van der Waals surface area contributed by atoms with Crippen molar-refractivity contribution >= 4 is 74.6 Å². The minimum atomic E-state index is -0.874. The Morgan fingerprint density at radius 1 is 0.782 bits per heavy atom. The van der Waals surface area contributed by atoms with Crippen molar-refractivity contribution in [3.8, 4) is 10.4 Å². The highest BCUT2D eigenvalue weighted by molar-refractivity contribution is 7.13. The van der Waals surface area contributed by atoms with Crippen LogP contribution in [0.25, 0.3) is 21.3 Å². The van der Waals surface area contributed by atoms with Gasteiger partial charge in [-0.25, -0.2) is 4.98 Å². The van der Waals surface area contributed by atoms with Crippen LogP contribution in [0.5, 0.6) is 0 Å². The summed E-state index contributed by atoms with van der Waals surface area (Å²) in [6.45, 7) is 11.7. The number of thiazole rings is 1. The molecule has 1 saturated carbocycles. The number of carbonyl (C=O) groups is 6. The van der Waals surface area contributed by atoms with Crippen molar-refractivity contribution < 1.29 is 52.8 Å². The van der Waals surface area contributed by atoms with Crippen LogP contribution < -0.4 is 20.9 Å². The summed E-state index contributed by atoms with van der Waals surface area (Å²) in [7, 11) is 0. The quantitative estimate of drug-likeness (QED) is 0.0249. The molecule has 18 nitrogen and oxygen atoms in total. The van der Waals surface area contributed by atoms with Crippen LogP contribution in [0.4, 0.5) is 17.1 Å². The molecular weight excluding hydrogens is 1010 g/mol. The topological polar surface area (TPSA) is 228 Å². The van der Waals surface area contributed by atoms with Crippen LogP contribution in [0.3, 0.4) is 0 Å². The lowest BCUT2D eigenvalue weighted by Crippen LogP contribution is -2.48. The number of likely N-dealkylation sites (tertiary alicyclic amines) is 1. The minimum Gasteiger partial charge on any atom is -0.391 e. The number of allylic oxidation sites excluding steroid dienone is 2. The summed E-state index contributed by atoms with van der Waals surface area (Å²) >= 11 is 1.54. The van der Waals surface area contributed by atoms with Gasteiger partial charge in [0.05, 0.1) is 104 Å². The van der Waals surface area contributed by atoms with Gasteiger partial charge in [0.15, 0.2) is 0 Å². The van der Waals surface area contributed by atoms with Gasteiger partial charge in [0.1, 0.15) is 11.8 Å². The number of aliphatic hydroxyl groups excluding tert-OH is 1. The van der Waals surface area contributed by atoms with Gasteiger partial charge in [-0.2, -0.15) is 0 Å². The maximum absolute atomic E-state index is 14.0. The number of carbonyl (C=O) groups excluding carboxylic acids is 6. The number of β-amino-alcohol motifs (C(OH)–C–C–N with tert-alkyl or cyclic N) is 1. The molecule has 0 radical (unpaired) electrons. The van der Waals surface area contributed by atoms with E-state index < -0.39 is 23.5 Å². The Bertz CT molecular complexity index is 2960. The second kappa shape index (κ2) is 25.5. The number of hydrogen-bond donors (Lipinski definition) is 4. The number of Topliss-reactive ketones (excluding diaryl/α,β-unsaturated/α-hetero) is 1. The number of para-hydroxylation sites is 1. The lowest BCUT2D eigenvalue weighted by atomic mass is 9.76. The van der Waals surface area contributed by atoms with Gasteiger partial charge >= 0.3 is 0 Å². The molecule has 2 aromatic heterocycles.